The van der Waals surface area contributed by atoms with Crippen molar-refractivity contribution in [3.63, 3.8) is 0 Å². The summed E-state index contributed by atoms with van der Waals surface area (Å²) < 4.78 is 49.4. The summed E-state index contributed by atoms with van der Waals surface area (Å²) in [7, 11) is 1.20. The van der Waals surface area contributed by atoms with Crippen LogP contribution in [0.2, 0.25) is 0 Å². The molecule has 0 bridgehead atoms. The molecular formula is C19H22F3NO6. The Morgan fingerprint density at radius 1 is 1.17 bits per heavy atom. The van der Waals surface area contributed by atoms with Crippen LogP contribution in [-0.2, 0) is 23.9 Å². The standard InChI is InChI=1S/C19H22F3NO6/c1-4-12(2)17(18(26)27-3)23-15(24)11-28-16(25)10-7-13-5-8-14(9-6-13)29-19(20,21)22/h5-10,12,17H,4,11H2,1-3H3,(H,23,24)/b10-7+/t12-,17-/m0/s1. The lowest BCUT2D eigenvalue weighted by molar-refractivity contribution is -0.274. The highest BCUT2D eigenvalue weighted by molar-refractivity contribution is 5.90. The van der Waals surface area contributed by atoms with E-state index >= 15 is 0 Å². The molecule has 1 aromatic carbocycles. The predicted molar refractivity (Wildman–Crippen MR) is 96.5 cm³/mol. The first-order valence-electron chi connectivity index (χ1n) is 8.63. The van der Waals surface area contributed by atoms with E-state index in [4.69, 9.17) is 4.74 Å². The summed E-state index contributed by atoms with van der Waals surface area (Å²) in [5.74, 6) is -2.68. The van der Waals surface area contributed by atoms with E-state index < -0.39 is 42.6 Å². The van der Waals surface area contributed by atoms with E-state index in [1.165, 1.54) is 25.3 Å². The first kappa shape index (κ1) is 24.0. The van der Waals surface area contributed by atoms with Crippen LogP contribution < -0.4 is 10.1 Å². The number of benzene rings is 1. The highest BCUT2D eigenvalue weighted by atomic mass is 19.4. The smallest absolute Gasteiger partial charge is 0.467 e. The SMILES string of the molecule is CC[C@H](C)[C@H](NC(=O)COC(=O)/C=C/c1ccc(OC(F)(F)F)cc1)C(=O)OC. The Labute approximate surface area is 165 Å². The third-order valence-corrected chi connectivity index (χ3v) is 3.86. The van der Waals surface area contributed by atoms with Gasteiger partial charge in [0, 0.05) is 6.08 Å². The van der Waals surface area contributed by atoms with Crippen LogP contribution in [0, 0.1) is 5.92 Å². The van der Waals surface area contributed by atoms with Gasteiger partial charge in [0.15, 0.2) is 6.61 Å². The number of hydrogen-bond acceptors (Lipinski definition) is 6. The number of amides is 1. The van der Waals surface area contributed by atoms with Gasteiger partial charge in [0.1, 0.15) is 11.8 Å². The van der Waals surface area contributed by atoms with Gasteiger partial charge in [-0.3, -0.25) is 4.79 Å². The quantitative estimate of drug-likeness (QED) is 0.491. The minimum absolute atomic E-state index is 0.175. The lowest BCUT2D eigenvalue weighted by Crippen LogP contribution is -2.47. The molecule has 0 saturated carbocycles. The minimum atomic E-state index is -4.79. The average Bonchev–Trinajstić information content (AvgIpc) is 2.67. The first-order valence-corrected chi connectivity index (χ1v) is 8.63. The molecular weight excluding hydrogens is 395 g/mol. The number of rotatable bonds is 9. The molecule has 29 heavy (non-hydrogen) atoms. The molecule has 0 radical (unpaired) electrons. The van der Waals surface area contributed by atoms with Crippen LogP contribution in [0.15, 0.2) is 30.3 Å². The van der Waals surface area contributed by atoms with E-state index in [1.807, 2.05) is 6.92 Å². The van der Waals surface area contributed by atoms with Gasteiger partial charge in [0.05, 0.1) is 7.11 Å². The Kier molecular flexibility index (Phi) is 9.17. The van der Waals surface area contributed by atoms with Gasteiger partial charge < -0.3 is 19.5 Å². The number of halogens is 3. The van der Waals surface area contributed by atoms with Crippen molar-refractivity contribution in [2.75, 3.05) is 13.7 Å². The molecule has 0 aliphatic carbocycles. The summed E-state index contributed by atoms with van der Waals surface area (Å²) in [6.07, 6.45) is -1.85. The van der Waals surface area contributed by atoms with Gasteiger partial charge in [-0.05, 0) is 29.7 Å². The van der Waals surface area contributed by atoms with E-state index in [2.05, 4.69) is 14.8 Å². The molecule has 1 amide bonds. The predicted octanol–water partition coefficient (Wildman–Crippen LogP) is 2.85. The fraction of sp³-hybridized carbons (Fsp3) is 0.421. The molecule has 0 heterocycles. The monoisotopic (exact) mass is 417 g/mol. The summed E-state index contributed by atoms with van der Waals surface area (Å²) in [6, 6.07) is 3.95. The Balaban J connectivity index is 2.53. The van der Waals surface area contributed by atoms with Crippen molar-refractivity contribution in [1.29, 1.82) is 0 Å². The molecule has 0 aromatic heterocycles. The zero-order chi connectivity index (χ0) is 22.0. The van der Waals surface area contributed by atoms with Crippen molar-refractivity contribution in [1.82, 2.24) is 5.32 Å². The largest absolute Gasteiger partial charge is 0.573 e. The summed E-state index contributed by atoms with van der Waals surface area (Å²) in [6.45, 7) is 3.01. The molecule has 0 unspecified atom stereocenters. The van der Waals surface area contributed by atoms with Crippen LogP contribution in [0.5, 0.6) is 5.75 Å². The van der Waals surface area contributed by atoms with Crippen LogP contribution in [0.25, 0.3) is 6.08 Å². The zero-order valence-electron chi connectivity index (χ0n) is 16.1. The Hall–Kier alpha value is -3.04. The molecule has 0 fully saturated rings. The molecule has 0 aliphatic heterocycles. The fourth-order valence-electron chi connectivity index (χ4n) is 2.14. The number of carbonyl (C=O) groups is 3. The van der Waals surface area contributed by atoms with Crippen molar-refractivity contribution >= 4 is 23.9 Å². The molecule has 0 aliphatic rings. The molecule has 2 atom stereocenters. The average molecular weight is 417 g/mol. The van der Waals surface area contributed by atoms with Gasteiger partial charge >= 0.3 is 18.3 Å². The molecule has 160 valence electrons. The maximum Gasteiger partial charge on any atom is 0.573 e. The summed E-state index contributed by atoms with van der Waals surface area (Å²) >= 11 is 0. The Morgan fingerprint density at radius 2 is 1.79 bits per heavy atom. The van der Waals surface area contributed by atoms with Crippen molar-refractivity contribution in [3.8, 4) is 5.75 Å². The summed E-state index contributed by atoms with van der Waals surface area (Å²) in [5, 5.41) is 2.45. The van der Waals surface area contributed by atoms with Crippen LogP contribution in [0.1, 0.15) is 25.8 Å². The third-order valence-electron chi connectivity index (χ3n) is 3.86. The zero-order valence-corrected chi connectivity index (χ0v) is 16.1. The van der Waals surface area contributed by atoms with Crippen molar-refractivity contribution < 1.29 is 41.8 Å². The van der Waals surface area contributed by atoms with E-state index in [1.54, 1.807) is 6.92 Å². The molecule has 0 saturated heterocycles. The summed E-state index contributed by atoms with van der Waals surface area (Å²) in [4.78, 5) is 35.3. The maximum atomic E-state index is 12.1. The third kappa shape index (κ3) is 9.13. The van der Waals surface area contributed by atoms with Gasteiger partial charge in [0.2, 0.25) is 0 Å². The van der Waals surface area contributed by atoms with Crippen LogP contribution in [-0.4, -0.2) is 44.0 Å². The normalized spacial score (nSPS) is 13.4. The number of alkyl halides is 3. The Bertz CT molecular complexity index is 730. The Morgan fingerprint density at radius 3 is 2.31 bits per heavy atom. The second-order valence-electron chi connectivity index (χ2n) is 6.01. The topological polar surface area (TPSA) is 90.9 Å². The van der Waals surface area contributed by atoms with Crippen molar-refractivity contribution in [3.05, 3.63) is 35.9 Å². The number of nitrogens with one attached hydrogen (secondary N) is 1. The van der Waals surface area contributed by atoms with Gasteiger partial charge in [-0.1, -0.05) is 32.4 Å². The molecule has 1 N–H and O–H groups in total. The van der Waals surface area contributed by atoms with E-state index in [-0.39, 0.29) is 5.92 Å². The molecule has 7 nitrogen and oxygen atoms in total. The lowest BCUT2D eigenvalue weighted by Gasteiger charge is -2.21. The van der Waals surface area contributed by atoms with E-state index in [0.29, 0.717) is 12.0 Å². The van der Waals surface area contributed by atoms with Crippen molar-refractivity contribution in [2.24, 2.45) is 5.92 Å². The number of hydrogen-bond donors (Lipinski definition) is 1. The van der Waals surface area contributed by atoms with Gasteiger partial charge in [-0.25, -0.2) is 9.59 Å². The number of methoxy groups -OCH3 is 1. The molecule has 1 aromatic rings. The van der Waals surface area contributed by atoms with Gasteiger partial charge in [-0.15, -0.1) is 13.2 Å². The van der Waals surface area contributed by atoms with Gasteiger partial charge in [0.25, 0.3) is 5.91 Å². The lowest BCUT2D eigenvalue weighted by atomic mass is 9.99. The van der Waals surface area contributed by atoms with Crippen molar-refractivity contribution in [2.45, 2.75) is 32.7 Å². The number of esters is 2. The first-order chi connectivity index (χ1) is 13.6. The molecule has 1 rings (SSSR count). The summed E-state index contributed by atoms with van der Waals surface area (Å²) in [5.41, 5.74) is 0.420. The molecule has 0 spiro atoms. The molecule has 10 heteroatoms. The van der Waals surface area contributed by atoms with E-state index in [9.17, 15) is 27.6 Å². The fourth-order valence-corrected chi connectivity index (χ4v) is 2.14. The minimum Gasteiger partial charge on any atom is -0.467 e. The van der Waals surface area contributed by atoms with Crippen LogP contribution in [0.3, 0.4) is 0 Å². The number of ether oxygens (including phenoxy) is 3. The second-order valence-corrected chi connectivity index (χ2v) is 6.01. The maximum absolute atomic E-state index is 12.1. The number of carbonyl (C=O) groups excluding carboxylic acids is 3. The van der Waals surface area contributed by atoms with Gasteiger partial charge in [-0.2, -0.15) is 0 Å². The highest BCUT2D eigenvalue weighted by Crippen LogP contribution is 2.23. The van der Waals surface area contributed by atoms with E-state index in [0.717, 1.165) is 18.2 Å². The van der Waals surface area contributed by atoms with Crippen LogP contribution >= 0.6 is 0 Å². The highest BCUT2D eigenvalue weighted by Gasteiger charge is 2.31. The van der Waals surface area contributed by atoms with Crippen LogP contribution in [0.4, 0.5) is 13.2 Å². The second kappa shape index (κ2) is 11.1.